The molecule has 0 bridgehead atoms. The Morgan fingerprint density at radius 3 is 2.38 bits per heavy atom. The van der Waals surface area contributed by atoms with Crippen molar-refractivity contribution >= 4 is 11.5 Å². The fraction of sp³-hybridized carbons (Fsp3) is 0.375. The van der Waals surface area contributed by atoms with E-state index in [-0.39, 0.29) is 23.9 Å². The molecule has 1 amide bonds. The van der Waals surface area contributed by atoms with Gasteiger partial charge >= 0.3 is 0 Å². The Bertz CT molecular complexity index is 853. The van der Waals surface area contributed by atoms with E-state index in [4.69, 9.17) is 4.74 Å². The summed E-state index contributed by atoms with van der Waals surface area (Å²) < 4.78 is 18.9. The molecule has 1 N–H and O–H groups in total. The van der Waals surface area contributed by atoms with E-state index < -0.39 is 0 Å². The minimum Gasteiger partial charge on any atom is -0.373 e. The SMILES string of the molecule is C/C(=C\C(=O)NCc1ccccc1CN1CC(C)OC(C)C1)c1ccc(F)cc1. The molecule has 5 heteroatoms. The van der Waals surface area contributed by atoms with Crippen LogP contribution < -0.4 is 5.32 Å². The van der Waals surface area contributed by atoms with Crippen molar-refractivity contribution in [3.63, 3.8) is 0 Å². The molecule has 0 aromatic heterocycles. The van der Waals surface area contributed by atoms with Crippen molar-refractivity contribution in [3.8, 4) is 0 Å². The molecule has 0 aliphatic carbocycles. The number of ether oxygens (including phenoxy) is 1. The molecule has 154 valence electrons. The molecule has 0 spiro atoms. The second-order valence-corrected chi connectivity index (χ2v) is 7.77. The molecule has 29 heavy (non-hydrogen) atoms. The highest BCUT2D eigenvalue weighted by Gasteiger charge is 2.22. The summed E-state index contributed by atoms with van der Waals surface area (Å²) in [6.45, 7) is 9.18. The first-order valence-electron chi connectivity index (χ1n) is 10.1. The zero-order valence-electron chi connectivity index (χ0n) is 17.3. The first kappa shape index (κ1) is 21.2. The van der Waals surface area contributed by atoms with E-state index in [9.17, 15) is 9.18 Å². The van der Waals surface area contributed by atoms with Crippen LogP contribution in [0, 0.1) is 5.82 Å². The lowest BCUT2D eigenvalue weighted by Crippen LogP contribution is -2.45. The average Bonchev–Trinajstić information content (AvgIpc) is 2.67. The number of hydrogen-bond acceptors (Lipinski definition) is 3. The van der Waals surface area contributed by atoms with Crippen LogP contribution in [0.2, 0.25) is 0 Å². The second kappa shape index (κ2) is 9.81. The number of hydrogen-bond donors (Lipinski definition) is 1. The summed E-state index contributed by atoms with van der Waals surface area (Å²) in [6.07, 6.45) is 2.01. The highest BCUT2D eigenvalue weighted by molar-refractivity contribution is 5.94. The van der Waals surface area contributed by atoms with E-state index in [0.717, 1.165) is 36.3 Å². The lowest BCUT2D eigenvalue weighted by atomic mass is 10.1. The van der Waals surface area contributed by atoms with Gasteiger partial charge in [0.15, 0.2) is 0 Å². The van der Waals surface area contributed by atoms with E-state index in [1.54, 1.807) is 18.2 Å². The molecule has 0 radical (unpaired) electrons. The monoisotopic (exact) mass is 396 g/mol. The van der Waals surface area contributed by atoms with Crippen molar-refractivity contribution in [3.05, 3.63) is 77.1 Å². The number of benzene rings is 2. The number of nitrogens with one attached hydrogen (secondary N) is 1. The average molecular weight is 397 g/mol. The van der Waals surface area contributed by atoms with Crippen molar-refractivity contribution in [2.45, 2.75) is 46.1 Å². The molecule has 3 rings (SSSR count). The molecule has 1 heterocycles. The van der Waals surface area contributed by atoms with Crippen LogP contribution in [0.5, 0.6) is 0 Å². The van der Waals surface area contributed by atoms with Gasteiger partial charge in [-0.2, -0.15) is 0 Å². The van der Waals surface area contributed by atoms with Crippen LogP contribution in [-0.2, 0) is 22.6 Å². The third-order valence-corrected chi connectivity index (χ3v) is 5.11. The molecule has 2 aromatic rings. The number of amides is 1. The fourth-order valence-electron chi connectivity index (χ4n) is 3.76. The lowest BCUT2D eigenvalue weighted by molar-refractivity contribution is -0.116. The van der Waals surface area contributed by atoms with E-state index in [1.165, 1.54) is 17.7 Å². The van der Waals surface area contributed by atoms with Gasteiger partial charge in [0.25, 0.3) is 0 Å². The first-order valence-corrected chi connectivity index (χ1v) is 10.1. The van der Waals surface area contributed by atoms with Crippen LogP contribution in [-0.4, -0.2) is 36.1 Å². The zero-order valence-corrected chi connectivity index (χ0v) is 17.3. The Morgan fingerprint density at radius 2 is 1.72 bits per heavy atom. The minimum absolute atomic E-state index is 0.157. The van der Waals surface area contributed by atoms with Crippen molar-refractivity contribution in [1.82, 2.24) is 10.2 Å². The van der Waals surface area contributed by atoms with Crippen LogP contribution in [0.25, 0.3) is 5.57 Å². The summed E-state index contributed by atoms with van der Waals surface area (Å²) in [7, 11) is 0. The molecule has 4 nitrogen and oxygen atoms in total. The molecule has 1 aliphatic heterocycles. The van der Waals surface area contributed by atoms with Gasteiger partial charge in [0.05, 0.1) is 12.2 Å². The number of halogens is 1. The van der Waals surface area contributed by atoms with Gasteiger partial charge in [-0.05, 0) is 55.2 Å². The van der Waals surface area contributed by atoms with Crippen LogP contribution in [0.3, 0.4) is 0 Å². The normalized spacial score (nSPS) is 20.5. The minimum atomic E-state index is -0.285. The topological polar surface area (TPSA) is 41.6 Å². The standard InChI is InChI=1S/C24H29FN2O2/c1-17(20-8-10-23(25)11-9-20)12-24(28)26-13-21-6-4-5-7-22(21)16-27-14-18(2)29-19(3)15-27/h4-12,18-19H,13-16H2,1-3H3,(H,26,28)/b17-12+. The predicted octanol–water partition coefficient (Wildman–Crippen LogP) is 4.15. The largest absolute Gasteiger partial charge is 0.373 e. The third kappa shape index (κ3) is 6.24. The van der Waals surface area contributed by atoms with Gasteiger partial charge in [-0.15, -0.1) is 0 Å². The lowest BCUT2D eigenvalue weighted by Gasteiger charge is -2.35. The van der Waals surface area contributed by atoms with Gasteiger partial charge < -0.3 is 10.1 Å². The summed E-state index contributed by atoms with van der Waals surface area (Å²) in [5.41, 5.74) is 3.96. The summed E-state index contributed by atoms with van der Waals surface area (Å²) in [5.74, 6) is -0.443. The molecular weight excluding hydrogens is 367 g/mol. The van der Waals surface area contributed by atoms with Crippen LogP contribution in [0.4, 0.5) is 4.39 Å². The van der Waals surface area contributed by atoms with Gasteiger partial charge in [0.2, 0.25) is 5.91 Å². The molecule has 1 saturated heterocycles. The Morgan fingerprint density at radius 1 is 1.10 bits per heavy atom. The van der Waals surface area contributed by atoms with Crippen LogP contribution in [0.1, 0.15) is 37.5 Å². The second-order valence-electron chi connectivity index (χ2n) is 7.77. The van der Waals surface area contributed by atoms with Gasteiger partial charge in [-0.1, -0.05) is 36.4 Å². The van der Waals surface area contributed by atoms with E-state index in [2.05, 4.69) is 36.2 Å². The molecule has 1 aliphatic rings. The van der Waals surface area contributed by atoms with Gasteiger partial charge in [0.1, 0.15) is 5.82 Å². The van der Waals surface area contributed by atoms with E-state index >= 15 is 0 Å². The van der Waals surface area contributed by atoms with Gasteiger partial charge in [-0.3, -0.25) is 9.69 Å². The Labute approximate surface area is 172 Å². The van der Waals surface area contributed by atoms with Crippen molar-refractivity contribution in [2.75, 3.05) is 13.1 Å². The number of allylic oxidation sites excluding steroid dienone is 1. The van der Waals surface area contributed by atoms with Crippen molar-refractivity contribution < 1.29 is 13.9 Å². The molecule has 0 saturated carbocycles. The summed E-state index contributed by atoms with van der Waals surface area (Å²) in [4.78, 5) is 14.8. The predicted molar refractivity (Wildman–Crippen MR) is 114 cm³/mol. The Hall–Kier alpha value is -2.50. The number of carbonyl (C=O) groups is 1. The van der Waals surface area contributed by atoms with Crippen molar-refractivity contribution in [1.29, 1.82) is 0 Å². The smallest absolute Gasteiger partial charge is 0.244 e. The van der Waals surface area contributed by atoms with Gasteiger partial charge in [0, 0.05) is 32.3 Å². The quantitative estimate of drug-likeness (QED) is 0.746. The highest BCUT2D eigenvalue weighted by atomic mass is 19.1. The van der Waals surface area contributed by atoms with Crippen LogP contribution in [0.15, 0.2) is 54.6 Å². The molecule has 2 aromatic carbocycles. The van der Waals surface area contributed by atoms with Crippen LogP contribution >= 0.6 is 0 Å². The van der Waals surface area contributed by atoms with Crippen molar-refractivity contribution in [2.24, 2.45) is 0 Å². The maximum absolute atomic E-state index is 13.1. The fourth-order valence-corrected chi connectivity index (χ4v) is 3.76. The molecular formula is C24H29FN2O2. The maximum Gasteiger partial charge on any atom is 0.244 e. The summed E-state index contributed by atoms with van der Waals surface area (Å²) in [5, 5.41) is 2.97. The Balaban J connectivity index is 1.61. The van der Waals surface area contributed by atoms with Gasteiger partial charge in [-0.25, -0.2) is 4.39 Å². The Kier molecular flexibility index (Phi) is 7.18. The van der Waals surface area contributed by atoms with E-state index in [0.29, 0.717) is 6.54 Å². The number of carbonyl (C=O) groups excluding carboxylic acids is 1. The number of morpholine rings is 1. The first-order chi connectivity index (χ1) is 13.9. The molecule has 1 fully saturated rings. The zero-order chi connectivity index (χ0) is 20.8. The third-order valence-electron chi connectivity index (χ3n) is 5.11. The summed E-state index contributed by atoms with van der Waals surface area (Å²) in [6, 6.07) is 14.3. The highest BCUT2D eigenvalue weighted by Crippen LogP contribution is 2.17. The number of rotatable bonds is 6. The molecule has 2 unspecified atom stereocenters. The van der Waals surface area contributed by atoms with E-state index in [1.807, 2.05) is 19.1 Å². The maximum atomic E-state index is 13.1. The summed E-state index contributed by atoms with van der Waals surface area (Å²) >= 11 is 0. The molecule has 2 atom stereocenters. The number of nitrogens with zero attached hydrogens (tertiary/aromatic N) is 1.